The van der Waals surface area contributed by atoms with E-state index >= 15 is 0 Å². The van der Waals surface area contributed by atoms with Crippen LogP contribution in [0.25, 0.3) is 0 Å². The highest BCUT2D eigenvalue weighted by Gasteiger charge is 2.25. The maximum absolute atomic E-state index is 5.62. The van der Waals surface area contributed by atoms with Crippen molar-refractivity contribution in [3.63, 3.8) is 0 Å². The van der Waals surface area contributed by atoms with Crippen LogP contribution < -0.4 is 0 Å². The normalized spacial score (nSPS) is 17.0. The average Bonchev–Trinajstić information content (AvgIpc) is 2.83. The molecule has 1 aliphatic heterocycles. The number of hydrogen-bond acceptors (Lipinski definition) is 2. The summed E-state index contributed by atoms with van der Waals surface area (Å²) in [4.78, 5) is 4.60. The molecule has 0 amide bonds. The average molecular weight is 308 g/mol. The van der Waals surface area contributed by atoms with Crippen LogP contribution in [0.2, 0.25) is 0 Å². The van der Waals surface area contributed by atoms with Gasteiger partial charge < -0.3 is 4.74 Å². The van der Waals surface area contributed by atoms with Gasteiger partial charge in [-0.05, 0) is 46.0 Å². The summed E-state index contributed by atoms with van der Waals surface area (Å²) < 4.78 is 5.62. The number of hydrogen-bond donors (Lipinski definition) is 0. The third-order valence-corrected chi connectivity index (χ3v) is 4.17. The van der Waals surface area contributed by atoms with Gasteiger partial charge in [0.1, 0.15) is 6.61 Å². The smallest absolute Gasteiger partial charge is 0.183 e. The fraction of sp³-hybridized carbons (Fsp3) is 0.850. The van der Waals surface area contributed by atoms with Crippen molar-refractivity contribution in [1.82, 2.24) is 0 Å². The van der Waals surface area contributed by atoms with E-state index in [0.29, 0.717) is 0 Å². The van der Waals surface area contributed by atoms with Gasteiger partial charge in [0.15, 0.2) is 5.90 Å². The predicted molar refractivity (Wildman–Crippen MR) is 97.7 cm³/mol. The Labute approximate surface area is 138 Å². The molecule has 128 valence electrons. The van der Waals surface area contributed by atoms with E-state index < -0.39 is 0 Å². The van der Waals surface area contributed by atoms with Crippen molar-refractivity contribution in [2.24, 2.45) is 4.99 Å². The fourth-order valence-corrected chi connectivity index (χ4v) is 2.78. The largest absolute Gasteiger partial charge is 0.478 e. The van der Waals surface area contributed by atoms with Gasteiger partial charge in [0.25, 0.3) is 0 Å². The Morgan fingerprint density at radius 1 is 0.909 bits per heavy atom. The predicted octanol–water partition coefficient (Wildman–Crippen LogP) is 6.45. The van der Waals surface area contributed by atoms with Crippen LogP contribution in [0.1, 0.15) is 97.8 Å². The Morgan fingerprint density at radius 3 is 2.09 bits per heavy atom. The first-order valence-corrected chi connectivity index (χ1v) is 9.50. The van der Waals surface area contributed by atoms with Gasteiger partial charge in [0.05, 0.1) is 5.54 Å². The summed E-state index contributed by atoms with van der Waals surface area (Å²) in [7, 11) is 0. The Bertz CT molecular complexity index is 331. The summed E-state index contributed by atoms with van der Waals surface area (Å²) in [6, 6.07) is 0. The van der Waals surface area contributed by atoms with Gasteiger partial charge in [0, 0.05) is 6.42 Å². The quantitative estimate of drug-likeness (QED) is 0.283. The lowest BCUT2D eigenvalue weighted by Gasteiger charge is -2.07. The van der Waals surface area contributed by atoms with Crippen LogP contribution in [0, 0.1) is 0 Å². The van der Waals surface area contributed by atoms with E-state index in [1.165, 1.54) is 70.6 Å². The molecule has 22 heavy (non-hydrogen) atoms. The maximum atomic E-state index is 5.62. The van der Waals surface area contributed by atoms with Crippen molar-refractivity contribution in [2.75, 3.05) is 6.61 Å². The second kappa shape index (κ2) is 11.7. The summed E-state index contributed by atoms with van der Waals surface area (Å²) >= 11 is 0. The lowest BCUT2D eigenvalue weighted by molar-refractivity contribution is 0.273. The van der Waals surface area contributed by atoms with E-state index in [-0.39, 0.29) is 5.54 Å². The first kappa shape index (κ1) is 19.3. The molecule has 0 saturated heterocycles. The van der Waals surface area contributed by atoms with Crippen LogP contribution in [-0.4, -0.2) is 18.0 Å². The molecule has 0 aromatic heterocycles. The van der Waals surface area contributed by atoms with Crippen molar-refractivity contribution < 1.29 is 4.74 Å². The molecule has 1 aliphatic rings. The van der Waals surface area contributed by atoms with Crippen LogP contribution >= 0.6 is 0 Å². The molecule has 0 spiro atoms. The van der Waals surface area contributed by atoms with Gasteiger partial charge in [-0.1, -0.05) is 57.6 Å². The maximum Gasteiger partial charge on any atom is 0.183 e. The zero-order valence-electron chi connectivity index (χ0n) is 15.2. The molecule has 0 atom stereocenters. The Balaban J connectivity index is 1.83. The highest BCUT2D eigenvalue weighted by Crippen LogP contribution is 2.19. The molecule has 1 heterocycles. The summed E-state index contributed by atoms with van der Waals surface area (Å²) in [5, 5.41) is 0. The van der Waals surface area contributed by atoms with Gasteiger partial charge in [-0.3, -0.25) is 0 Å². The van der Waals surface area contributed by atoms with Crippen molar-refractivity contribution in [3.8, 4) is 0 Å². The number of ether oxygens (including phenoxy) is 1. The lowest BCUT2D eigenvalue weighted by atomic mass is 10.1. The van der Waals surface area contributed by atoms with Crippen LogP contribution in [0.15, 0.2) is 17.1 Å². The SMILES string of the molecule is CCCCCC/C=C\CCCCCCCC1=NC(C)(C)CO1. The molecule has 2 nitrogen and oxygen atoms in total. The first-order chi connectivity index (χ1) is 10.6. The molecular formula is C20H37NO. The summed E-state index contributed by atoms with van der Waals surface area (Å²) in [6.45, 7) is 7.30. The fourth-order valence-electron chi connectivity index (χ4n) is 2.78. The number of unbranched alkanes of at least 4 members (excludes halogenated alkanes) is 9. The summed E-state index contributed by atoms with van der Waals surface area (Å²) in [5.41, 5.74) is 0.0121. The van der Waals surface area contributed by atoms with Gasteiger partial charge in [-0.25, -0.2) is 4.99 Å². The molecule has 0 unspecified atom stereocenters. The zero-order chi connectivity index (χ0) is 16.1. The van der Waals surface area contributed by atoms with Gasteiger partial charge >= 0.3 is 0 Å². The molecular weight excluding hydrogens is 270 g/mol. The number of aliphatic imine (C=N–C) groups is 1. The van der Waals surface area contributed by atoms with Crippen molar-refractivity contribution in [3.05, 3.63) is 12.2 Å². The van der Waals surface area contributed by atoms with E-state index in [9.17, 15) is 0 Å². The third kappa shape index (κ3) is 10.0. The van der Waals surface area contributed by atoms with E-state index in [4.69, 9.17) is 4.74 Å². The molecule has 0 fully saturated rings. The topological polar surface area (TPSA) is 21.6 Å². The molecule has 0 aromatic rings. The molecule has 0 aliphatic carbocycles. The van der Waals surface area contributed by atoms with E-state index in [1.807, 2.05) is 0 Å². The van der Waals surface area contributed by atoms with E-state index in [0.717, 1.165) is 18.9 Å². The number of nitrogens with zero attached hydrogens (tertiary/aromatic N) is 1. The second-order valence-corrected chi connectivity index (χ2v) is 7.23. The van der Waals surface area contributed by atoms with E-state index in [1.54, 1.807) is 0 Å². The molecule has 0 saturated carbocycles. The molecule has 0 N–H and O–H groups in total. The van der Waals surface area contributed by atoms with Crippen LogP contribution in [-0.2, 0) is 4.74 Å². The van der Waals surface area contributed by atoms with Gasteiger partial charge in [-0.15, -0.1) is 0 Å². The zero-order valence-corrected chi connectivity index (χ0v) is 15.2. The van der Waals surface area contributed by atoms with Gasteiger partial charge in [-0.2, -0.15) is 0 Å². The second-order valence-electron chi connectivity index (χ2n) is 7.23. The minimum absolute atomic E-state index is 0.0121. The molecule has 0 radical (unpaired) electrons. The molecule has 1 rings (SSSR count). The Kier molecular flexibility index (Phi) is 10.3. The number of rotatable bonds is 13. The minimum Gasteiger partial charge on any atom is -0.478 e. The molecule has 2 heteroatoms. The third-order valence-electron chi connectivity index (χ3n) is 4.17. The highest BCUT2D eigenvalue weighted by atomic mass is 16.5. The highest BCUT2D eigenvalue weighted by molar-refractivity contribution is 5.78. The van der Waals surface area contributed by atoms with Crippen LogP contribution in [0.4, 0.5) is 0 Å². The van der Waals surface area contributed by atoms with Gasteiger partial charge in [0.2, 0.25) is 0 Å². The minimum atomic E-state index is 0.0121. The van der Waals surface area contributed by atoms with Crippen molar-refractivity contribution >= 4 is 5.90 Å². The van der Waals surface area contributed by atoms with Crippen LogP contribution in [0.5, 0.6) is 0 Å². The van der Waals surface area contributed by atoms with Crippen LogP contribution in [0.3, 0.4) is 0 Å². The lowest BCUT2D eigenvalue weighted by Crippen LogP contribution is -2.17. The first-order valence-electron chi connectivity index (χ1n) is 9.50. The summed E-state index contributed by atoms with van der Waals surface area (Å²) in [5.74, 6) is 0.982. The number of allylic oxidation sites excluding steroid dienone is 2. The molecule has 0 aromatic carbocycles. The molecule has 0 bridgehead atoms. The van der Waals surface area contributed by atoms with Crippen molar-refractivity contribution in [2.45, 2.75) is 103 Å². The van der Waals surface area contributed by atoms with Crippen molar-refractivity contribution in [1.29, 1.82) is 0 Å². The monoisotopic (exact) mass is 307 g/mol. The Morgan fingerprint density at radius 2 is 1.50 bits per heavy atom. The Hall–Kier alpha value is -0.790. The summed E-state index contributed by atoms with van der Waals surface area (Å²) in [6.07, 6.45) is 20.4. The standard InChI is InChI=1S/C20H37NO/c1-4-5-6-7-8-9-10-11-12-13-14-15-16-17-19-21-20(2,3)18-22-19/h9-10H,4-8,11-18H2,1-3H3/b10-9-. The van der Waals surface area contributed by atoms with E-state index in [2.05, 4.69) is 37.9 Å².